The zero-order chi connectivity index (χ0) is 21.5. The first kappa shape index (κ1) is 20.9. The van der Waals surface area contributed by atoms with E-state index in [0.717, 1.165) is 11.3 Å². The van der Waals surface area contributed by atoms with Crippen LogP contribution < -0.4 is 11.1 Å². The van der Waals surface area contributed by atoms with Crippen LogP contribution in [0.25, 0.3) is 11.3 Å². The molecule has 3 aromatic rings. The maximum Gasteiger partial charge on any atom is 0.284 e. The molecule has 5 nitrogen and oxygen atoms in total. The van der Waals surface area contributed by atoms with Gasteiger partial charge in [-0.1, -0.05) is 23.7 Å². The van der Waals surface area contributed by atoms with Gasteiger partial charge in [0.15, 0.2) is 0 Å². The lowest BCUT2D eigenvalue weighted by atomic mass is 10.1. The van der Waals surface area contributed by atoms with Crippen molar-refractivity contribution in [1.29, 1.82) is 0 Å². The Morgan fingerprint density at radius 2 is 2.20 bits per heavy atom. The van der Waals surface area contributed by atoms with Gasteiger partial charge in [-0.2, -0.15) is 5.10 Å². The molecule has 0 saturated carbocycles. The normalized spacial score (nSPS) is 15.8. The lowest BCUT2D eigenvalue weighted by Crippen LogP contribution is -2.41. The summed E-state index contributed by atoms with van der Waals surface area (Å²) in [7, 11) is 0. The van der Waals surface area contributed by atoms with Gasteiger partial charge in [0.25, 0.3) is 11.8 Å². The van der Waals surface area contributed by atoms with Crippen LogP contribution >= 0.6 is 22.9 Å². The van der Waals surface area contributed by atoms with Gasteiger partial charge < -0.3 is 11.1 Å². The Balaban J connectivity index is 1.61. The molecule has 30 heavy (non-hydrogen) atoms. The first-order valence-electron chi connectivity index (χ1n) is 9.27. The van der Waals surface area contributed by atoms with Crippen LogP contribution in [0.15, 0.2) is 36.5 Å². The quantitative estimate of drug-likeness (QED) is 0.607. The van der Waals surface area contributed by atoms with Gasteiger partial charge in [-0.3, -0.25) is 9.48 Å². The Hall–Kier alpha value is -2.36. The number of benzene rings is 1. The number of thiophene rings is 1. The van der Waals surface area contributed by atoms with E-state index in [9.17, 15) is 18.0 Å². The third kappa shape index (κ3) is 3.97. The number of carbonyl (C=O) groups excluding carboxylic acids is 1. The molecule has 1 aliphatic heterocycles. The Labute approximate surface area is 179 Å². The van der Waals surface area contributed by atoms with Gasteiger partial charge >= 0.3 is 0 Å². The molecule has 158 valence electrons. The summed E-state index contributed by atoms with van der Waals surface area (Å²) in [5.74, 6) is -4.00. The topological polar surface area (TPSA) is 72.9 Å². The second kappa shape index (κ2) is 8.05. The van der Waals surface area contributed by atoms with E-state index in [1.54, 1.807) is 12.1 Å². The minimum absolute atomic E-state index is 0.0286. The Morgan fingerprint density at radius 3 is 2.93 bits per heavy atom. The SMILES string of the molecule is NCC(Cc1cccc(F)c1)NC(=O)c1cc2c(s1)C(F)(F)CCn1ncc(Cl)c1-2. The molecule has 1 aromatic carbocycles. The number of fused-ring (bicyclic) bond motifs is 3. The molecule has 1 atom stereocenters. The van der Waals surface area contributed by atoms with E-state index in [2.05, 4.69) is 10.4 Å². The van der Waals surface area contributed by atoms with E-state index in [-0.39, 0.29) is 39.2 Å². The molecule has 0 fully saturated rings. The number of halogens is 4. The second-order valence-electron chi connectivity index (χ2n) is 7.11. The smallest absolute Gasteiger partial charge is 0.284 e. The van der Waals surface area contributed by atoms with Crippen molar-refractivity contribution >= 4 is 28.8 Å². The fourth-order valence-corrected chi connectivity index (χ4v) is 4.82. The molecule has 0 aliphatic carbocycles. The van der Waals surface area contributed by atoms with Crippen LogP contribution in [0.5, 0.6) is 0 Å². The van der Waals surface area contributed by atoms with Crippen molar-refractivity contribution in [2.75, 3.05) is 6.54 Å². The fourth-order valence-electron chi connectivity index (χ4n) is 3.51. The van der Waals surface area contributed by atoms with E-state index in [0.29, 0.717) is 17.7 Å². The highest BCUT2D eigenvalue weighted by Gasteiger charge is 2.41. The first-order chi connectivity index (χ1) is 14.3. The molecule has 3 heterocycles. The molecule has 0 bridgehead atoms. The minimum atomic E-state index is -3.10. The van der Waals surface area contributed by atoms with Crippen molar-refractivity contribution in [3.05, 3.63) is 62.7 Å². The molecule has 2 aromatic heterocycles. The van der Waals surface area contributed by atoms with E-state index in [1.165, 1.54) is 29.1 Å². The molecular weight excluding hydrogens is 437 g/mol. The molecule has 0 saturated heterocycles. The Morgan fingerprint density at radius 1 is 1.40 bits per heavy atom. The number of nitrogens with two attached hydrogens (primary N) is 1. The van der Waals surface area contributed by atoms with Crippen molar-refractivity contribution in [1.82, 2.24) is 15.1 Å². The van der Waals surface area contributed by atoms with E-state index < -0.39 is 24.3 Å². The van der Waals surface area contributed by atoms with Crippen molar-refractivity contribution in [2.45, 2.75) is 31.4 Å². The molecule has 0 radical (unpaired) electrons. The summed E-state index contributed by atoms with van der Waals surface area (Å²) in [6, 6.07) is 6.94. The summed E-state index contributed by atoms with van der Waals surface area (Å²) in [6.07, 6.45) is 1.29. The summed E-state index contributed by atoms with van der Waals surface area (Å²) in [5.41, 5.74) is 7.03. The number of nitrogens with one attached hydrogen (secondary N) is 1. The number of carbonyl (C=O) groups is 1. The lowest BCUT2D eigenvalue weighted by molar-refractivity contribution is -0.0122. The van der Waals surface area contributed by atoms with E-state index in [1.807, 2.05) is 0 Å². The summed E-state index contributed by atoms with van der Waals surface area (Å²) in [4.78, 5) is 12.7. The average molecular weight is 455 g/mol. The summed E-state index contributed by atoms with van der Waals surface area (Å²) in [6.45, 7) is 0.142. The summed E-state index contributed by atoms with van der Waals surface area (Å²) >= 11 is 6.92. The molecule has 1 aliphatic rings. The predicted octanol–water partition coefficient (Wildman–Crippen LogP) is 4.20. The zero-order valence-electron chi connectivity index (χ0n) is 15.7. The van der Waals surface area contributed by atoms with Crippen LogP contribution in [0, 0.1) is 5.82 Å². The van der Waals surface area contributed by atoms with Crippen LogP contribution in [0.3, 0.4) is 0 Å². The molecule has 3 N–H and O–H groups in total. The highest BCUT2D eigenvalue weighted by Crippen LogP contribution is 2.47. The first-order valence-corrected chi connectivity index (χ1v) is 10.5. The monoisotopic (exact) mass is 454 g/mol. The number of nitrogens with zero attached hydrogens (tertiary/aromatic N) is 2. The largest absolute Gasteiger partial charge is 0.347 e. The number of hydrogen-bond donors (Lipinski definition) is 2. The van der Waals surface area contributed by atoms with Crippen LogP contribution in [0.4, 0.5) is 13.2 Å². The van der Waals surface area contributed by atoms with Crippen LogP contribution in [-0.2, 0) is 18.9 Å². The number of hydrogen-bond acceptors (Lipinski definition) is 4. The standard InChI is InChI=1S/C20H18ClF3N4OS/c21-15-10-26-28-5-4-20(23,24)18-14(17(15)28)8-16(30-18)19(29)27-13(9-25)7-11-2-1-3-12(22)6-11/h1-3,6,8,10,13H,4-5,7,9,25H2,(H,27,29). The van der Waals surface area contributed by atoms with Crippen molar-refractivity contribution in [3.8, 4) is 11.3 Å². The van der Waals surface area contributed by atoms with Gasteiger partial charge in [0, 0.05) is 31.1 Å². The van der Waals surface area contributed by atoms with E-state index in [4.69, 9.17) is 17.3 Å². The van der Waals surface area contributed by atoms with Crippen molar-refractivity contribution in [2.24, 2.45) is 5.73 Å². The van der Waals surface area contributed by atoms with Crippen molar-refractivity contribution in [3.63, 3.8) is 0 Å². The molecular formula is C20H18ClF3N4OS. The van der Waals surface area contributed by atoms with E-state index >= 15 is 0 Å². The lowest BCUT2D eigenvalue weighted by Gasteiger charge is -2.16. The van der Waals surface area contributed by atoms with Crippen LogP contribution in [0.2, 0.25) is 5.02 Å². The molecule has 10 heteroatoms. The number of alkyl halides is 2. The summed E-state index contributed by atoms with van der Waals surface area (Å²) < 4.78 is 44.2. The average Bonchev–Trinajstić information content (AvgIpc) is 3.27. The minimum Gasteiger partial charge on any atom is -0.347 e. The summed E-state index contributed by atoms with van der Waals surface area (Å²) in [5, 5.41) is 7.07. The molecule has 4 rings (SSSR count). The third-order valence-corrected chi connectivity index (χ3v) is 6.49. The predicted molar refractivity (Wildman–Crippen MR) is 109 cm³/mol. The van der Waals surface area contributed by atoms with Gasteiger partial charge in [0.1, 0.15) is 5.82 Å². The molecule has 1 amide bonds. The van der Waals surface area contributed by atoms with Gasteiger partial charge in [-0.05, 0) is 30.2 Å². The highest BCUT2D eigenvalue weighted by atomic mass is 35.5. The zero-order valence-corrected chi connectivity index (χ0v) is 17.2. The molecule has 1 unspecified atom stereocenters. The Kier molecular flexibility index (Phi) is 5.61. The fraction of sp³-hybridized carbons (Fsp3) is 0.300. The number of rotatable bonds is 5. The number of amides is 1. The maximum absolute atomic E-state index is 14.7. The maximum atomic E-state index is 14.7. The Bertz CT molecular complexity index is 1100. The van der Waals surface area contributed by atoms with Gasteiger partial charge in [0.05, 0.1) is 26.7 Å². The third-order valence-electron chi connectivity index (χ3n) is 4.97. The van der Waals surface area contributed by atoms with Gasteiger partial charge in [-0.15, -0.1) is 11.3 Å². The van der Waals surface area contributed by atoms with Crippen LogP contribution in [-0.4, -0.2) is 28.3 Å². The highest BCUT2D eigenvalue weighted by molar-refractivity contribution is 7.14. The second-order valence-corrected chi connectivity index (χ2v) is 8.57. The number of aryl methyl sites for hydroxylation is 1. The van der Waals surface area contributed by atoms with Gasteiger partial charge in [-0.25, -0.2) is 13.2 Å². The number of aromatic nitrogens is 2. The van der Waals surface area contributed by atoms with Gasteiger partial charge in [0.2, 0.25) is 0 Å². The van der Waals surface area contributed by atoms with Crippen LogP contribution in [0.1, 0.15) is 26.5 Å². The van der Waals surface area contributed by atoms with Crippen molar-refractivity contribution < 1.29 is 18.0 Å². The molecule has 0 spiro atoms.